The molecule has 6 heavy (non-hydrogen) atoms. The van der Waals surface area contributed by atoms with Crippen LogP contribution in [-0.2, 0) is 0 Å². The van der Waals surface area contributed by atoms with Crippen LogP contribution in [0.1, 0.15) is 2.85 Å². The van der Waals surface area contributed by atoms with Crippen LogP contribution in [0.15, 0.2) is 0 Å². The molecule has 3 nitrogen and oxygen atoms in total. The zero-order chi connectivity index (χ0) is 3.58. The summed E-state index contributed by atoms with van der Waals surface area (Å²) in [5.41, 5.74) is 0. The molecule has 0 aliphatic rings. The van der Waals surface area contributed by atoms with Gasteiger partial charge in [0.2, 0.25) is 0 Å². The quantitative estimate of drug-likeness (QED) is 0.613. The average Bonchev–Trinajstić information content (AvgIpc) is 0.811. The molecule has 0 heterocycles. The molecule has 0 saturated heterocycles. The molecule has 0 aromatic heterocycles. The van der Waals surface area contributed by atoms with E-state index in [2.05, 4.69) is 0 Å². The Morgan fingerprint density at radius 3 is 1.50 bits per heavy atom. The summed E-state index contributed by atoms with van der Waals surface area (Å²) in [6, 6.07) is 0. The van der Waals surface area contributed by atoms with Gasteiger partial charge in [-0.25, -0.2) is 4.79 Å². The van der Waals surface area contributed by atoms with E-state index in [1.54, 1.807) is 0 Å². The molecule has 0 bridgehead atoms. The van der Waals surface area contributed by atoms with Crippen LogP contribution in [-0.4, -0.2) is 54.1 Å². The Morgan fingerprint density at radius 2 is 1.50 bits per heavy atom. The van der Waals surface area contributed by atoms with Crippen LogP contribution in [0.3, 0.4) is 0 Å². The van der Waals surface area contributed by atoms with Crippen molar-refractivity contribution >= 4 is 43.9 Å². The maximum atomic E-state index is 8.56. The second-order valence-corrected chi connectivity index (χ2v) is 0.283. The van der Waals surface area contributed by atoms with Gasteiger partial charge in [-0.15, -0.1) is 0 Å². The Bertz CT molecular complexity index is 40.3. The maximum absolute atomic E-state index is 8.56. The van der Waals surface area contributed by atoms with E-state index in [4.69, 9.17) is 15.0 Å². The maximum Gasteiger partial charge on any atom is 2.00 e. The van der Waals surface area contributed by atoms with Gasteiger partial charge in [-0.2, -0.15) is 0 Å². The summed E-state index contributed by atoms with van der Waals surface area (Å²) < 4.78 is 0. The predicted octanol–water partition coefficient (Wildman–Crippen LogP) is 0.0666. The first-order valence-electron chi connectivity index (χ1n) is 0.651. The third-order valence-corrected chi connectivity index (χ3v) is 0. The molecule has 5 heteroatoms. The van der Waals surface area contributed by atoms with Crippen molar-refractivity contribution in [1.29, 1.82) is 0 Å². The van der Waals surface area contributed by atoms with Crippen molar-refractivity contribution in [2.45, 2.75) is 0 Å². The van der Waals surface area contributed by atoms with E-state index in [0.717, 1.165) is 0 Å². The van der Waals surface area contributed by atoms with Gasteiger partial charge >= 0.3 is 43.9 Å². The van der Waals surface area contributed by atoms with Crippen LogP contribution >= 0.6 is 0 Å². The summed E-state index contributed by atoms with van der Waals surface area (Å²) in [7, 11) is 0. The zero-order valence-corrected chi connectivity index (χ0v) is 9.38. The first-order chi connectivity index (χ1) is 1.73. The molecule has 0 fully saturated rings. The summed E-state index contributed by atoms with van der Waals surface area (Å²) in [4.78, 5) is 8.56. The predicted molar refractivity (Wildman–Crippen MR) is 18.6 cm³/mol. The van der Waals surface area contributed by atoms with Gasteiger partial charge in [0.25, 0.3) is 0 Å². The molecule has 0 aliphatic carbocycles. The van der Waals surface area contributed by atoms with E-state index >= 15 is 0 Å². The minimum absolute atomic E-state index is 0. The Kier molecular flexibility index (Phi) is 25.5. The van der Waals surface area contributed by atoms with Gasteiger partial charge < -0.3 is 13.1 Å². The molecule has 0 unspecified atom stereocenters. The van der Waals surface area contributed by atoms with Crippen LogP contribution < -0.4 is 0 Å². The molecule has 0 aromatic carbocycles. The number of carbonyl (C=O) groups is 1. The van der Waals surface area contributed by atoms with Crippen molar-refractivity contribution in [2.24, 2.45) is 0 Å². The first kappa shape index (κ1) is 15.6. The van der Waals surface area contributed by atoms with Gasteiger partial charge in [-0.1, -0.05) is 0 Å². The van der Waals surface area contributed by atoms with Crippen molar-refractivity contribution in [2.75, 3.05) is 0 Å². The molecule has 32 valence electrons. The Labute approximate surface area is 91.5 Å². The molecule has 0 amide bonds. The first-order valence-corrected chi connectivity index (χ1v) is 0.651. The van der Waals surface area contributed by atoms with E-state index < -0.39 is 6.16 Å². The molecule has 0 saturated carbocycles. The van der Waals surface area contributed by atoms with Gasteiger partial charge in [-0.3, -0.25) is 0 Å². The van der Waals surface area contributed by atoms with E-state index in [1.165, 1.54) is 0 Å². The second kappa shape index (κ2) is 9.77. The molecular formula is CH4CaO3U. The van der Waals surface area contributed by atoms with Crippen LogP contribution in [0.2, 0.25) is 0 Å². The number of hydrogen-bond acceptors (Lipinski definition) is 1. The van der Waals surface area contributed by atoms with Crippen molar-refractivity contribution in [3.05, 3.63) is 0 Å². The molecular weight excluding hydrogens is 338 g/mol. The minimum Gasteiger partial charge on any atom is -1.00 e. The van der Waals surface area contributed by atoms with Crippen LogP contribution in [0.5, 0.6) is 0 Å². The fraction of sp³-hybridized carbons (Fsp3) is 0. The van der Waals surface area contributed by atoms with Crippen molar-refractivity contribution in [3.8, 4) is 0 Å². The zero-order valence-electron chi connectivity index (χ0n) is 5.01. The van der Waals surface area contributed by atoms with Crippen molar-refractivity contribution in [1.82, 2.24) is 0 Å². The van der Waals surface area contributed by atoms with Crippen LogP contribution in [0.4, 0.5) is 4.79 Å². The molecule has 0 rings (SSSR count). The fourth-order valence-corrected chi connectivity index (χ4v) is 0. The third kappa shape index (κ3) is 46.8. The van der Waals surface area contributed by atoms with Gasteiger partial charge in [0, 0.05) is 31.1 Å². The fourth-order valence-electron chi connectivity index (χ4n) is 0. The summed E-state index contributed by atoms with van der Waals surface area (Å²) in [6.07, 6.45) is -1.83. The molecule has 0 aromatic rings. The molecule has 2 N–H and O–H groups in total. The number of hydrogen-bond donors (Lipinski definition) is 2. The van der Waals surface area contributed by atoms with E-state index in [1.807, 2.05) is 0 Å². The van der Waals surface area contributed by atoms with Crippen molar-refractivity contribution in [3.63, 3.8) is 0 Å². The number of rotatable bonds is 0. The van der Waals surface area contributed by atoms with Crippen LogP contribution in [0.25, 0.3) is 0 Å². The molecule has 0 atom stereocenters. The van der Waals surface area contributed by atoms with Gasteiger partial charge in [0.1, 0.15) is 0 Å². The summed E-state index contributed by atoms with van der Waals surface area (Å²) in [6.45, 7) is 0. The summed E-state index contributed by atoms with van der Waals surface area (Å²) in [5.74, 6) is 0. The second-order valence-electron chi connectivity index (χ2n) is 0.283. The smallest absolute Gasteiger partial charge is 1.00 e. The van der Waals surface area contributed by atoms with E-state index in [-0.39, 0.29) is 71.7 Å². The Morgan fingerprint density at radius 1 is 1.50 bits per heavy atom. The molecule has 0 aliphatic heterocycles. The minimum atomic E-state index is -1.83. The van der Waals surface area contributed by atoms with E-state index in [9.17, 15) is 0 Å². The normalized spacial score (nSPS) is 4.00. The molecule has 0 radical (unpaired) electrons. The average molecular weight is 342 g/mol. The van der Waals surface area contributed by atoms with Gasteiger partial charge in [0.15, 0.2) is 0 Å². The Hall–Kier alpha value is 1.58. The SMILES string of the molecule is O=C(O)O.[Ca+2].[H-].[H-].[U]. The van der Waals surface area contributed by atoms with E-state index in [0.29, 0.717) is 0 Å². The molecule has 0 spiro atoms. The van der Waals surface area contributed by atoms with Crippen LogP contribution in [0, 0.1) is 31.1 Å². The third-order valence-electron chi connectivity index (χ3n) is 0. The van der Waals surface area contributed by atoms with Gasteiger partial charge in [0.05, 0.1) is 0 Å². The standard InChI is InChI=1S/CH2O3.Ca.U.2H/c2-1(3)4;;;;/h(H2,2,3,4);;;;/q;+2;;2*-1. The largest absolute Gasteiger partial charge is 2.00 e. The van der Waals surface area contributed by atoms with Crippen molar-refractivity contribution < 1.29 is 49.0 Å². The monoisotopic (exact) mass is 342 g/mol. The van der Waals surface area contributed by atoms with Gasteiger partial charge in [-0.05, 0) is 0 Å². The number of carboxylic acid groups (broad SMARTS) is 2. The Balaban J connectivity index is -0.00000000750. The topological polar surface area (TPSA) is 57.5 Å². The summed E-state index contributed by atoms with van der Waals surface area (Å²) >= 11 is 0. The summed E-state index contributed by atoms with van der Waals surface area (Å²) in [5, 5.41) is 13.9.